The molecule has 1 unspecified atom stereocenters. The van der Waals surface area contributed by atoms with E-state index in [1.54, 1.807) is 14.2 Å². The molecule has 0 aromatic heterocycles. The molecule has 1 aliphatic rings. The molecule has 0 fully saturated rings. The van der Waals surface area contributed by atoms with E-state index in [1.807, 2.05) is 18.2 Å². The second-order valence-corrected chi connectivity index (χ2v) is 5.62. The summed E-state index contributed by atoms with van der Waals surface area (Å²) in [5, 5.41) is 3.48. The average Bonchev–Trinajstić information content (AvgIpc) is 2.62. The molecule has 2 aromatic carbocycles. The quantitative estimate of drug-likeness (QED) is 0.889. The summed E-state index contributed by atoms with van der Waals surface area (Å²) in [6.45, 7) is 2.30. The van der Waals surface area contributed by atoms with E-state index in [0.717, 1.165) is 43.2 Å². The van der Waals surface area contributed by atoms with E-state index >= 15 is 0 Å². The third-order valence-electron chi connectivity index (χ3n) is 4.23. The lowest BCUT2D eigenvalue weighted by molar-refractivity contribution is 0.0423. The molecule has 1 aliphatic heterocycles. The molecular weight excluding hydrogens is 290 g/mol. The Hall–Kier alpha value is -2.04. The van der Waals surface area contributed by atoms with E-state index < -0.39 is 0 Å². The Kier molecular flexibility index (Phi) is 5.16. The van der Waals surface area contributed by atoms with Gasteiger partial charge in [0.05, 0.1) is 26.9 Å². The first kappa shape index (κ1) is 15.8. The van der Waals surface area contributed by atoms with Crippen LogP contribution in [0.25, 0.3) is 0 Å². The summed E-state index contributed by atoms with van der Waals surface area (Å²) in [6.07, 6.45) is 1.11. The summed E-state index contributed by atoms with van der Waals surface area (Å²) in [7, 11) is 3.34. The van der Waals surface area contributed by atoms with Gasteiger partial charge < -0.3 is 19.5 Å². The molecule has 0 amide bonds. The highest BCUT2D eigenvalue weighted by atomic mass is 16.5. The summed E-state index contributed by atoms with van der Waals surface area (Å²) in [5.41, 5.74) is 3.80. The molecule has 23 heavy (non-hydrogen) atoms. The molecule has 0 bridgehead atoms. The van der Waals surface area contributed by atoms with Crippen LogP contribution in [0, 0.1) is 0 Å². The Morgan fingerprint density at radius 3 is 2.83 bits per heavy atom. The van der Waals surface area contributed by atoms with Gasteiger partial charge in [0.15, 0.2) is 0 Å². The van der Waals surface area contributed by atoms with Crippen molar-refractivity contribution in [3.63, 3.8) is 0 Å². The van der Waals surface area contributed by atoms with Gasteiger partial charge in [-0.05, 0) is 23.6 Å². The van der Waals surface area contributed by atoms with Crippen LogP contribution >= 0.6 is 0 Å². The molecule has 0 radical (unpaired) electrons. The maximum atomic E-state index is 5.92. The molecule has 122 valence electrons. The SMILES string of the molecule is COc1ccc(CNCC2OCCc3ccccc32)c(OC)c1. The molecule has 1 N–H and O–H groups in total. The number of fused-ring (bicyclic) bond motifs is 1. The second-order valence-electron chi connectivity index (χ2n) is 5.62. The molecule has 0 spiro atoms. The molecule has 2 aromatic rings. The zero-order valence-electron chi connectivity index (χ0n) is 13.7. The first-order valence-corrected chi connectivity index (χ1v) is 7.93. The van der Waals surface area contributed by atoms with Crippen LogP contribution in [0.4, 0.5) is 0 Å². The molecule has 3 rings (SSSR count). The third-order valence-corrected chi connectivity index (χ3v) is 4.23. The zero-order valence-corrected chi connectivity index (χ0v) is 13.7. The smallest absolute Gasteiger partial charge is 0.127 e. The number of ether oxygens (including phenoxy) is 3. The molecule has 1 atom stereocenters. The van der Waals surface area contributed by atoms with E-state index in [9.17, 15) is 0 Å². The number of hydrogen-bond acceptors (Lipinski definition) is 4. The highest BCUT2D eigenvalue weighted by Gasteiger charge is 2.19. The lowest BCUT2D eigenvalue weighted by Crippen LogP contribution is -2.27. The van der Waals surface area contributed by atoms with Crippen LogP contribution in [0.15, 0.2) is 42.5 Å². The predicted molar refractivity (Wildman–Crippen MR) is 90.1 cm³/mol. The minimum atomic E-state index is 0.115. The van der Waals surface area contributed by atoms with Gasteiger partial charge in [-0.25, -0.2) is 0 Å². The number of rotatable bonds is 6. The fourth-order valence-corrected chi connectivity index (χ4v) is 2.98. The highest BCUT2D eigenvalue weighted by Crippen LogP contribution is 2.27. The lowest BCUT2D eigenvalue weighted by Gasteiger charge is -2.26. The van der Waals surface area contributed by atoms with E-state index in [0.29, 0.717) is 0 Å². The first-order chi connectivity index (χ1) is 11.3. The van der Waals surface area contributed by atoms with Crippen molar-refractivity contribution in [2.75, 3.05) is 27.4 Å². The van der Waals surface area contributed by atoms with Crippen molar-refractivity contribution in [3.8, 4) is 11.5 Å². The zero-order chi connectivity index (χ0) is 16.1. The van der Waals surface area contributed by atoms with Crippen LogP contribution in [0.2, 0.25) is 0 Å². The average molecular weight is 313 g/mol. The monoisotopic (exact) mass is 313 g/mol. The van der Waals surface area contributed by atoms with Crippen molar-refractivity contribution < 1.29 is 14.2 Å². The van der Waals surface area contributed by atoms with Gasteiger partial charge in [0.1, 0.15) is 11.5 Å². The van der Waals surface area contributed by atoms with E-state index in [4.69, 9.17) is 14.2 Å². The van der Waals surface area contributed by atoms with Crippen LogP contribution in [-0.4, -0.2) is 27.4 Å². The molecule has 0 saturated carbocycles. The number of benzene rings is 2. The normalized spacial score (nSPS) is 16.7. The molecule has 4 nitrogen and oxygen atoms in total. The molecule has 1 heterocycles. The summed E-state index contributed by atoms with van der Waals surface area (Å²) in [5.74, 6) is 1.64. The van der Waals surface area contributed by atoms with E-state index in [1.165, 1.54) is 11.1 Å². The summed E-state index contributed by atoms with van der Waals surface area (Å²) < 4.78 is 16.6. The Morgan fingerprint density at radius 1 is 1.13 bits per heavy atom. The highest BCUT2D eigenvalue weighted by molar-refractivity contribution is 5.40. The maximum absolute atomic E-state index is 5.92. The second kappa shape index (κ2) is 7.49. The Morgan fingerprint density at radius 2 is 2.00 bits per heavy atom. The standard InChI is InChI=1S/C19H23NO3/c1-21-16-8-7-15(18(11-16)22-2)12-20-13-19-17-6-4-3-5-14(17)9-10-23-19/h3-8,11,19-20H,9-10,12-13H2,1-2H3. The van der Waals surface area contributed by atoms with Gasteiger partial charge in [-0.1, -0.05) is 30.3 Å². The fraction of sp³-hybridized carbons (Fsp3) is 0.368. The van der Waals surface area contributed by atoms with Crippen molar-refractivity contribution in [1.82, 2.24) is 5.32 Å². The van der Waals surface area contributed by atoms with Gasteiger partial charge in [-0.2, -0.15) is 0 Å². The number of methoxy groups -OCH3 is 2. The topological polar surface area (TPSA) is 39.7 Å². The Balaban J connectivity index is 1.62. The van der Waals surface area contributed by atoms with E-state index in [2.05, 4.69) is 29.6 Å². The summed E-state index contributed by atoms with van der Waals surface area (Å²) in [4.78, 5) is 0. The molecule has 0 aliphatic carbocycles. The Bertz CT molecular complexity index is 657. The van der Waals surface area contributed by atoms with Crippen molar-refractivity contribution in [3.05, 3.63) is 59.2 Å². The van der Waals surface area contributed by atoms with Gasteiger partial charge >= 0.3 is 0 Å². The lowest BCUT2D eigenvalue weighted by atomic mass is 9.97. The Labute approximate surface area is 137 Å². The van der Waals surface area contributed by atoms with Crippen LogP contribution in [-0.2, 0) is 17.7 Å². The first-order valence-electron chi connectivity index (χ1n) is 7.93. The van der Waals surface area contributed by atoms with Crippen molar-refractivity contribution >= 4 is 0 Å². The van der Waals surface area contributed by atoms with Crippen LogP contribution in [0.3, 0.4) is 0 Å². The third kappa shape index (κ3) is 3.66. The summed E-state index contributed by atoms with van der Waals surface area (Å²) in [6, 6.07) is 14.4. The summed E-state index contributed by atoms with van der Waals surface area (Å²) >= 11 is 0. The van der Waals surface area contributed by atoms with Gasteiger partial charge in [0.25, 0.3) is 0 Å². The van der Waals surface area contributed by atoms with Gasteiger partial charge in [0, 0.05) is 24.7 Å². The van der Waals surface area contributed by atoms with Crippen LogP contribution < -0.4 is 14.8 Å². The van der Waals surface area contributed by atoms with E-state index in [-0.39, 0.29) is 6.10 Å². The van der Waals surface area contributed by atoms with Gasteiger partial charge in [0.2, 0.25) is 0 Å². The predicted octanol–water partition coefficient (Wildman–Crippen LogP) is 3.11. The van der Waals surface area contributed by atoms with Crippen molar-refractivity contribution in [1.29, 1.82) is 0 Å². The number of hydrogen-bond donors (Lipinski definition) is 1. The van der Waals surface area contributed by atoms with Gasteiger partial charge in [-0.3, -0.25) is 0 Å². The minimum absolute atomic E-state index is 0.115. The maximum Gasteiger partial charge on any atom is 0.127 e. The van der Waals surface area contributed by atoms with Crippen molar-refractivity contribution in [2.24, 2.45) is 0 Å². The largest absolute Gasteiger partial charge is 0.497 e. The molecule has 4 heteroatoms. The molecule has 0 saturated heterocycles. The van der Waals surface area contributed by atoms with Crippen LogP contribution in [0.1, 0.15) is 22.8 Å². The number of nitrogens with one attached hydrogen (secondary N) is 1. The van der Waals surface area contributed by atoms with Gasteiger partial charge in [-0.15, -0.1) is 0 Å². The fourth-order valence-electron chi connectivity index (χ4n) is 2.98. The minimum Gasteiger partial charge on any atom is -0.497 e. The van der Waals surface area contributed by atoms with Crippen molar-refractivity contribution in [2.45, 2.75) is 19.1 Å². The molecular formula is C19H23NO3. The van der Waals surface area contributed by atoms with Crippen LogP contribution in [0.5, 0.6) is 11.5 Å².